The second-order valence-electron chi connectivity index (χ2n) is 5.65. The number of halogens is 1. The number of likely N-dealkylation sites (tertiary alicyclic amines) is 1. The lowest BCUT2D eigenvalue weighted by Crippen LogP contribution is -2.55. The normalized spacial score (nSPS) is 19.0. The van der Waals surface area contributed by atoms with Gasteiger partial charge >= 0.3 is 5.97 Å². The molecule has 20 heavy (non-hydrogen) atoms. The molecule has 4 nitrogen and oxygen atoms in total. The van der Waals surface area contributed by atoms with Gasteiger partial charge in [0.15, 0.2) is 0 Å². The third kappa shape index (κ3) is 3.33. The Kier molecular flexibility index (Phi) is 4.70. The van der Waals surface area contributed by atoms with Gasteiger partial charge in [0.1, 0.15) is 5.54 Å². The van der Waals surface area contributed by atoms with Crippen molar-refractivity contribution in [3.63, 3.8) is 0 Å². The molecule has 1 aromatic carbocycles. The fourth-order valence-electron chi connectivity index (χ4n) is 2.62. The molecule has 0 aromatic heterocycles. The predicted molar refractivity (Wildman–Crippen MR) is 84.1 cm³/mol. The summed E-state index contributed by atoms with van der Waals surface area (Å²) in [7, 11) is 0. The van der Waals surface area contributed by atoms with E-state index in [0.29, 0.717) is 18.9 Å². The first kappa shape index (κ1) is 15.3. The van der Waals surface area contributed by atoms with Gasteiger partial charge in [-0.2, -0.15) is 0 Å². The van der Waals surface area contributed by atoms with Gasteiger partial charge in [0.05, 0.1) is 0 Å². The van der Waals surface area contributed by atoms with E-state index in [1.54, 1.807) is 0 Å². The van der Waals surface area contributed by atoms with E-state index in [-0.39, 0.29) is 0 Å². The lowest BCUT2D eigenvalue weighted by atomic mass is 9.86. The first-order valence-corrected chi connectivity index (χ1v) is 7.73. The van der Waals surface area contributed by atoms with Crippen LogP contribution < -0.4 is 5.32 Å². The van der Waals surface area contributed by atoms with Crippen molar-refractivity contribution in [1.82, 2.24) is 4.90 Å². The number of anilines is 1. The molecule has 0 saturated carbocycles. The van der Waals surface area contributed by atoms with Crippen LogP contribution in [-0.2, 0) is 4.79 Å². The van der Waals surface area contributed by atoms with Crippen molar-refractivity contribution in [2.75, 3.05) is 18.4 Å². The summed E-state index contributed by atoms with van der Waals surface area (Å²) >= 11 is 3.39. The van der Waals surface area contributed by atoms with Crippen molar-refractivity contribution in [2.24, 2.45) is 0 Å². The molecule has 2 rings (SSSR count). The van der Waals surface area contributed by atoms with Crippen LogP contribution in [-0.4, -0.2) is 40.6 Å². The van der Waals surface area contributed by atoms with E-state index in [4.69, 9.17) is 0 Å². The zero-order valence-corrected chi connectivity index (χ0v) is 13.5. The second kappa shape index (κ2) is 6.14. The maximum absolute atomic E-state index is 11.7. The predicted octanol–water partition coefficient (Wildman–Crippen LogP) is 3.19. The Bertz CT molecular complexity index is 465. The van der Waals surface area contributed by atoms with E-state index in [1.807, 2.05) is 24.3 Å². The highest BCUT2D eigenvalue weighted by atomic mass is 79.9. The van der Waals surface area contributed by atoms with Crippen LogP contribution in [0.3, 0.4) is 0 Å². The van der Waals surface area contributed by atoms with Crippen molar-refractivity contribution < 1.29 is 9.90 Å². The maximum Gasteiger partial charge on any atom is 0.329 e. The van der Waals surface area contributed by atoms with E-state index in [1.165, 1.54) is 0 Å². The van der Waals surface area contributed by atoms with E-state index in [2.05, 4.69) is 40.0 Å². The highest BCUT2D eigenvalue weighted by Gasteiger charge is 2.41. The van der Waals surface area contributed by atoms with E-state index >= 15 is 0 Å². The van der Waals surface area contributed by atoms with E-state index in [0.717, 1.165) is 23.2 Å². The summed E-state index contributed by atoms with van der Waals surface area (Å²) in [6.45, 7) is 5.92. The van der Waals surface area contributed by atoms with Crippen LogP contribution in [0.1, 0.15) is 26.7 Å². The topological polar surface area (TPSA) is 52.6 Å². The molecule has 1 heterocycles. The number of aliphatic carboxylic acids is 1. The van der Waals surface area contributed by atoms with Crippen LogP contribution in [0.5, 0.6) is 0 Å². The summed E-state index contributed by atoms with van der Waals surface area (Å²) in [6, 6.07) is 8.12. The number of nitrogens with zero attached hydrogens (tertiary/aromatic N) is 1. The summed E-state index contributed by atoms with van der Waals surface area (Å²) in [4.78, 5) is 14.1. The van der Waals surface area contributed by atoms with Crippen LogP contribution in [0.2, 0.25) is 0 Å². The summed E-state index contributed by atoms with van der Waals surface area (Å²) in [6.07, 6.45) is 1.24. The average molecular weight is 341 g/mol. The zero-order chi connectivity index (χ0) is 14.8. The average Bonchev–Trinajstić information content (AvgIpc) is 2.42. The molecule has 0 radical (unpaired) electrons. The minimum atomic E-state index is -0.848. The molecule has 0 bridgehead atoms. The molecule has 1 aliphatic heterocycles. The van der Waals surface area contributed by atoms with E-state index < -0.39 is 11.5 Å². The standard InChI is InChI=1S/C15H21BrN2O2/c1-11(2)18-9-7-15(8-10-18,14(19)20)17-13-5-3-12(16)4-6-13/h3-6,11,17H,7-10H2,1-2H3,(H,19,20). The Hall–Kier alpha value is -1.07. The third-order valence-corrected chi connectivity index (χ3v) is 4.55. The van der Waals surface area contributed by atoms with Crippen LogP contribution in [0.15, 0.2) is 28.7 Å². The molecular weight excluding hydrogens is 320 g/mol. The third-order valence-electron chi connectivity index (χ3n) is 4.02. The summed E-state index contributed by atoms with van der Waals surface area (Å²) in [5.41, 5.74) is 0.00719. The first-order valence-electron chi connectivity index (χ1n) is 6.94. The van der Waals surface area contributed by atoms with Gasteiger partial charge in [-0.15, -0.1) is 0 Å². The lowest BCUT2D eigenvalue weighted by molar-refractivity contribution is -0.144. The van der Waals surface area contributed by atoms with Crippen molar-refractivity contribution in [3.8, 4) is 0 Å². The molecule has 0 unspecified atom stereocenters. The first-order chi connectivity index (χ1) is 9.43. The Morgan fingerprint density at radius 2 is 1.85 bits per heavy atom. The lowest BCUT2D eigenvalue weighted by Gasteiger charge is -2.41. The molecular formula is C15H21BrN2O2. The number of carbonyl (C=O) groups is 1. The fraction of sp³-hybridized carbons (Fsp3) is 0.533. The van der Waals surface area contributed by atoms with Gasteiger partial charge in [0.2, 0.25) is 0 Å². The number of carboxylic acids is 1. The summed E-state index contributed by atoms with van der Waals surface area (Å²) < 4.78 is 0.988. The van der Waals surface area contributed by atoms with Crippen LogP contribution in [0, 0.1) is 0 Å². The number of nitrogens with one attached hydrogen (secondary N) is 1. The van der Waals surface area contributed by atoms with Crippen molar-refractivity contribution in [1.29, 1.82) is 0 Å². The molecule has 1 saturated heterocycles. The largest absolute Gasteiger partial charge is 0.480 e. The Balaban J connectivity index is 2.12. The zero-order valence-electron chi connectivity index (χ0n) is 11.9. The molecule has 0 amide bonds. The highest BCUT2D eigenvalue weighted by molar-refractivity contribution is 9.10. The van der Waals surface area contributed by atoms with Crippen LogP contribution in [0.25, 0.3) is 0 Å². The molecule has 110 valence electrons. The molecule has 0 atom stereocenters. The SMILES string of the molecule is CC(C)N1CCC(Nc2ccc(Br)cc2)(C(=O)O)CC1. The smallest absolute Gasteiger partial charge is 0.329 e. The van der Waals surface area contributed by atoms with Crippen molar-refractivity contribution in [2.45, 2.75) is 38.3 Å². The molecule has 0 aliphatic carbocycles. The second-order valence-corrected chi connectivity index (χ2v) is 6.56. The molecule has 1 fully saturated rings. The van der Waals surface area contributed by atoms with Gasteiger partial charge in [-0.1, -0.05) is 15.9 Å². The van der Waals surface area contributed by atoms with Gasteiger partial charge in [-0.05, 0) is 51.0 Å². The Morgan fingerprint density at radius 1 is 1.30 bits per heavy atom. The number of hydrogen-bond donors (Lipinski definition) is 2. The molecule has 5 heteroatoms. The monoisotopic (exact) mass is 340 g/mol. The quantitative estimate of drug-likeness (QED) is 0.883. The van der Waals surface area contributed by atoms with Gasteiger partial charge < -0.3 is 15.3 Å². The molecule has 1 aromatic rings. The molecule has 0 spiro atoms. The van der Waals surface area contributed by atoms with Crippen LogP contribution >= 0.6 is 15.9 Å². The number of hydrogen-bond acceptors (Lipinski definition) is 3. The number of benzene rings is 1. The summed E-state index contributed by atoms with van der Waals surface area (Å²) in [5.74, 6) is -0.760. The van der Waals surface area contributed by atoms with Gasteiger partial charge in [0.25, 0.3) is 0 Å². The minimum absolute atomic E-state index is 0.467. The number of rotatable bonds is 4. The number of piperidine rings is 1. The molecule has 1 aliphatic rings. The van der Waals surface area contributed by atoms with E-state index in [9.17, 15) is 9.90 Å². The summed E-state index contributed by atoms with van der Waals surface area (Å²) in [5, 5.41) is 12.9. The highest BCUT2D eigenvalue weighted by Crippen LogP contribution is 2.29. The van der Waals surface area contributed by atoms with Crippen LogP contribution in [0.4, 0.5) is 5.69 Å². The minimum Gasteiger partial charge on any atom is -0.480 e. The Morgan fingerprint density at radius 3 is 2.30 bits per heavy atom. The molecule has 2 N–H and O–H groups in total. The van der Waals surface area contributed by atoms with Gasteiger partial charge in [-0.3, -0.25) is 0 Å². The number of carboxylic acid groups (broad SMARTS) is 1. The van der Waals surface area contributed by atoms with Crippen molar-refractivity contribution in [3.05, 3.63) is 28.7 Å². The fourth-order valence-corrected chi connectivity index (χ4v) is 2.89. The Labute approximate surface area is 128 Å². The maximum atomic E-state index is 11.7. The van der Waals surface area contributed by atoms with Gasteiger partial charge in [0, 0.05) is 29.3 Å². The van der Waals surface area contributed by atoms with Gasteiger partial charge in [-0.25, -0.2) is 4.79 Å². The van der Waals surface area contributed by atoms with Crippen molar-refractivity contribution >= 4 is 27.6 Å².